The third-order valence-electron chi connectivity index (χ3n) is 1.94. The molecule has 0 aromatic carbocycles. The molecule has 0 atom stereocenters. The number of hydrogen-bond acceptors (Lipinski definition) is 1. The van der Waals surface area contributed by atoms with Gasteiger partial charge in [0.05, 0.1) is 0 Å². The van der Waals surface area contributed by atoms with Gasteiger partial charge in [-0.05, 0) is 23.9 Å². The Morgan fingerprint density at radius 1 is 1.31 bits per heavy atom. The van der Waals surface area contributed by atoms with Gasteiger partial charge in [0.2, 0.25) is 5.91 Å². The molecule has 0 aliphatic carbocycles. The van der Waals surface area contributed by atoms with Crippen LogP contribution < -0.4 is 5.32 Å². The molecule has 0 heterocycles. The Labute approximate surface area is 105 Å². The Kier molecular flexibility index (Phi) is 15.7. The van der Waals surface area contributed by atoms with Crippen molar-refractivity contribution in [1.29, 1.82) is 0 Å². The average Bonchev–Trinajstić information content (AvgIpc) is 2.23. The fraction of sp³-hybridized carbons (Fsp3) is 0.615. The lowest BCUT2D eigenvalue weighted by Crippen LogP contribution is -2.21. The van der Waals surface area contributed by atoms with Crippen molar-refractivity contribution in [3.05, 3.63) is 24.8 Å². The van der Waals surface area contributed by atoms with Gasteiger partial charge in [0.1, 0.15) is 0 Å². The van der Waals surface area contributed by atoms with E-state index in [0.29, 0.717) is 0 Å². The third-order valence-corrected chi connectivity index (χ3v) is 1.94. The molecule has 0 aromatic heterocycles. The minimum absolute atomic E-state index is 0.0659. The Balaban J connectivity index is 0. The van der Waals surface area contributed by atoms with Crippen molar-refractivity contribution in [1.82, 2.24) is 5.32 Å². The largest absolute Gasteiger partial charge is 0.353 e. The SMILES string of the molecule is C=CC(=O)NCCCCCC(C)C.C=CCl. The van der Waals surface area contributed by atoms with Crippen molar-refractivity contribution >= 4 is 17.5 Å². The molecule has 0 radical (unpaired) electrons. The smallest absolute Gasteiger partial charge is 0.243 e. The molecule has 2 nitrogen and oxygen atoms in total. The summed E-state index contributed by atoms with van der Waals surface area (Å²) in [6, 6.07) is 0. The van der Waals surface area contributed by atoms with Gasteiger partial charge in [0.15, 0.2) is 0 Å². The van der Waals surface area contributed by atoms with E-state index in [9.17, 15) is 4.79 Å². The highest BCUT2D eigenvalue weighted by molar-refractivity contribution is 6.25. The van der Waals surface area contributed by atoms with E-state index in [0.717, 1.165) is 18.9 Å². The predicted molar refractivity (Wildman–Crippen MR) is 72.6 cm³/mol. The van der Waals surface area contributed by atoms with Gasteiger partial charge in [-0.25, -0.2) is 0 Å². The van der Waals surface area contributed by atoms with E-state index in [1.165, 1.54) is 30.9 Å². The van der Waals surface area contributed by atoms with Gasteiger partial charge in [-0.1, -0.05) is 57.9 Å². The summed E-state index contributed by atoms with van der Waals surface area (Å²) in [5.74, 6) is 0.728. The lowest BCUT2D eigenvalue weighted by Gasteiger charge is -2.04. The number of rotatable bonds is 7. The van der Waals surface area contributed by atoms with Gasteiger partial charge in [0, 0.05) is 6.54 Å². The highest BCUT2D eigenvalue weighted by atomic mass is 35.5. The van der Waals surface area contributed by atoms with Gasteiger partial charge in [-0.3, -0.25) is 4.79 Å². The standard InChI is InChI=1S/C11H21NO.C2H3Cl/c1-4-11(13)12-9-7-5-6-8-10(2)3;1-2-3/h4,10H,1,5-9H2,2-3H3,(H,12,13);2H,1H2. The molecule has 1 amide bonds. The Bertz CT molecular complexity index is 190. The van der Waals surface area contributed by atoms with Crippen LogP contribution in [0.2, 0.25) is 0 Å². The zero-order chi connectivity index (χ0) is 12.8. The molecule has 0 aliphatic heterocycles. The fourth-order valence-electron chi connectivity index (χ4n) is 1.14. The number of amides is 1. The maximum absolute atomic E-state index is 10.7. The molecule has 0 spiro atoms. The molecule has 3 heteroatoms. The van der Waals surface area contributed by atoms with E-state index in [4.69, 9.17) is 11.6 Å². The molecule has 0 fully saturated rings. The number of carbonyl (C=O) groups excluding carboxylic acids is 1. The molecule has 94 valence electrons. The molecule has 0 bridgehead atoms. The van der Waals surface area contributed by atoms with Crippen LogP contribution in [0.5, 0.6) is 0 Å². The van der Waals surface area contributed by atoms with Crippen LogP contribution >= 0.6 is 11.6 Å². The minimum Gasteiger partial charge on any atom is -0.353 e. The van der Waals surface area contributed by atoms with E-state index in [1.54, 1.807) is 0 Å². The lowest BCUT2D eigenvalue weighted by atomic mass is 10.1. The van der Waals surface area contributed by atoms with E-state index in [1.807, 2.05) is 0 Å². The molecule has 0 rings (SSSR count). The van der Waals surface area contributed by atoms with E-state index < -0.39 is 0 Å². The quantitative estimate of drug-likeness (QED) is 0.535. The van der Waals surface area contributed by atoms with Crippen molar-refractivity contribution in [3.8, 4) is 0 Å². The van der Waals surface area contributed by atoms with Gasteiger partial charge >= 0.3 is 0 Å². The first-order valence-electron chi connectivity index (χ1n) is 5.69. The molecule has 0 unspecified atom stereocenters. The highest BCUT2D eigenvalue weighted by Gasteiger charge is 1.95. The van der Waals surface area contributed by atoms with Crippen LogP contribution in [0.3, 0.4) is 0 Å². The van der Waals surface area contributed by atoms with Gasteiger partial charge < -0.3 is 5.32 Å². The Morgan fingerprint density at radius 2 is 1.88 bits per heavy atom. The van der Waals surface area contributed by atoms with Crippen LogP contribution in [-0.2, 0) is 4.79 Å². The lowest BCUT2D eigenvalue weighted by molar-refractivity contribution is -0.116. The Morgan fingerprint density at radius 3 is 2.31 bits per heavy atom. The van der Waals surface area contributed by atoms with Crippen LogP contribution in [0.25, 0.3) is 0 Å². The second kappa shape index (κ2) is 14.2. The van der Waals surface area contributed by atoms with Crippen molar-refractivity contribution < 1.29 is 4.79 Å². The van der Waals surface area contributed by atoms with Crippen LogP contribution in [-0.4, -0.2) is 12.5 Å². The number of unbranched alkanes of at least 4 members (excludes halogenated alkanes) is 2. The number of halogens is 1. The first-order chi connectivity index (χ1) is 7.58. The predicted octanol–water partition coefficient (Wildman–Crippen LogP) is 3.87. The molecule has 0 saturated carbocycles. The van der Waals surface area contributed by atoms with Crippen LogP contribution in [0.4, 0.5) is 0 Å². The van der Waals surface area contributed by atoms with E-state index >= 15 is 0 Å². The second-order valence-electron chi connectivity index (χ2n) is 3.89. The topological polar surface area (TPSA) is 29.1 Å². The number of hydrogen-bond donors (Lipinski definition) is 1. The molecule has 0 aromatic rings. The van der Waals surface area contributed by atoms with Crippen molar-refractivity contribution in [2.75, 3.05) is 6.54 Å². The zero-order valence-corrected chi connectivity index (χ0v) is 11.2. The summed E-state index contributed by atoms with van der Waals surface area (Å²) < 4.78 is 0. The molecular formula is C13H24ClNO. The summed E-state index contributed by atoms with van der Waals surface area (Å²) in [5, 5.41) is 2.76. The molecule has 0 saturated heterocycles. The molecule has 1 N–H and O–H groups in total. The second-order valence-corrected chi connectivity index (χ2v) is 4.20. The maximum atomic E-state index is 10.7. The third kappa shape index (κ3) is 18.9. The highest BCUT2D eigenvalue weighted by Crippen LogP contribution is 2.07. The van der Waals surface area contributed by atoms with Crippen LogP contribution in [0, 0.1) is 5.92 Å². The first kappa shape index (κ1) is 17.6. The maximum Gasteiger partial charge on any atom is 0.243 e. The van der Waals surface area contributed by atoms with Crippen molar-refractivity contribution in [2.45, 2.75) is 39.5 Å². The summed E-state index contributed by atoms with van der Waals surface area (Å²) in [7, 11) is 0. The monoisotopic (exact) mass is 245 g/mol. The van der Waals surface area contributed by atoms with Crippen LogP contribution in [0.1, 0.15) is 39.5 Å². The summed E-state index contributed by atoms with van der Waals surface area (Å²) in [4.78, 5) is 10.7. The normalized spacial score (nSPS) is 9.00. The van der Waals surface area contributed by atoms with Crippen molar-refractivity contribution in [2.24, 2.45) is 5.92 Å². The van der Waals surface area contributed by atoms with E-state index in [2.05, 4.69) is 32.3 Å². The van der Waals surface area contributed by atoms with Gasteiger partial charge in [0.25, 0.3) is 0 Å². The molecule has 0 aliphatic rings. The van der Waals surface area contributed by atoms with Gasteiger partial charge in [-0.15, -0.1) is 0 Å². The number of nitrogens with one attached hydrogen (secondary N) is 1. The fourth-order valence-corrected chi connectivity index (χ4v) is 1.14. The van der Waals surface area contributed by atoms with Crippen molar-refractivity contribution in [3.63, 3.8) is 0 Å². The summed E-state index contributed by atoms with van der Waals surface area (Å²) in [6.45, 7) is 11.8. The minimum atomic E-state index is -0.0659. The summed E-state index contributed by atoms with van der Waals surface area (Å²) >= 11 is 4.76. The van der Waals surface area contributed by atoms with E-state index in [-0.39, 0.29) is 5.91 Å². The molecular weight excluding hydrogens is 222 g/mol. The first-order valence-corrected chi connectivity index (χ1v) is 6.13. The number of carbonyl (C=O) groups is 1. The summed E-state index contributed by atoms with van der Waals surface area (Å²) in [5.41, 5.74) is 1.22. The van der Waals surface area contributed by atoms with Gasteiger partial charge in [-0.2, -0.15) is 0 Å². The average molecular weight is 246 g/mol. The molecule has 16 heavy (non-hydrogen) atoms. The zero-order valence-electron chi connectivity index (χ0n) is 10.5. The summed E-state index contributed by atoms with van der Waals surface area (Å²) in [6.07, 6.45) is 6.15. The van der Waals surface area contributed by atoms with Crippen LogP contribution in [0.15, 0.2) is 24.8 Å². The Hall–Kier alpha value is -0.760.